The Hall–Kier alpha value is -3.98. The van der Waals surface area contributed by atoms with E-state index in [1.54, 1.807) is 6.07 Å². The normalized spacial score (nSPS) is 11.2. The molecule has 0 radical (unpaired) electrons. The monoisotopic (exact) mass is 474 g/mol. The van der Waals surface area contributed by atoms with Crippen molar-refractivity contribution in [2.75, 3.05) is 6.61 Å². The second-order valence-electron chi connectivity index (χ2n) is 7.67. The molecule has 0 spiro atoms. The standard InChI is InChI=1S/C25H22N4O4S/c1-2-32-19-10-6-9-18(15-19)23-26-21(33-27-23)16-29-20-12-14-34-22(20)24(30)28(25(29)31)13-11-17-7-4-3-5-8-17/h3-10,12,14-15H,2,11,13,16H2,1H3. The first-order chi connectivity index (χ1) is 16.6. The zero-order valence-electron chi connectivity index (χ0n) is 18.5. The van der Waals surface area contributed by atoms with Gasteiger partial charge in [0.1, 0.15) is 17.0 Å². The molecule has 0 N–H and O–H groups in total. The minimum absolute atomic E-state index is 0.0653. The lowest BCUT2D eigenvalue weighted by Gasteiger charge is -2.10. The third-order valence-corrected chi connectivity index (χ3v) is 6.36. The van der Waals surface area contributed by atoms with Crippen LogP contribution >= 0.6 is 11.3 Å². The Kier molecular flexibility index (Phi) is 6.09. The molecule has 0 saturated heterocycles. The Morgan fingerprint density at radius 3 is 2.71 bits per heavy atom. The molecule has 5 rings (SSSR count). The van der Waals surface area contributed by atoms with E-state index in [2.05, 4.69) is 10.1 Å². The Morgan fingerprint density at radius 2 is 1.88 bits per heavy atom. The van der Waals surface area contributed by atoms with E-state index in [9.17, 15) is 9.59 Å². The van der Waals surface area contributed by atoms with Gasteiger partial charge in [0.15, 0.2) is 0 Å². The molecule has 172 valence electrons. The summed E-state index contributed by atoms with van der Waals surface area (Å²) >= 11 is 1.32. The number of ether oxygens (including phenoxy) is 1. The fraction of sp³-hybridized carbons (Fsp3) is 0.200. The quantitative estimate of drug-likeness (QED) is 0.338. The minimum atomic E-state index is -0.398. The largest absolute Gasteiger partial charge is 0.494 e. The van der Waals surface area contributed by atoms with Crippen molar-refractivity contribution in [2.24, 2.45) is 0 Å². The summed E-state index contributed by atoms with van der Waals surface area (Å²) in [6.45, 7) is 2.83. The van der Waals surface area contributed by atoms with Gasteiger partial charge in [-0.15, -0.1) is 11.3 Å². The van der Waals surface area contributed by atoms with Crippen LogP contribution in [0.25, 0.3) is 21.6 Å². The number of rotatable bonds is 8. The molecule has 9 heteroatoms. The van der Waals surface area contributed by atoms with Crippen molar-refractivity contribution < 1.29 is 9.26 Å². The number of aromatic nitrogens is 4. The van der Waals surface area contributed by atoms with Gasteiger partial charge in [-0.3, -0.25) is 13.9 Å². The van der Waals surface area contributed by atoms with Gasteiger partial charge in [-0.1, -0.05) is 47.6 Å². The molecular weight excluding hydrogens is 452 g/mol. The number of fused-ring (bicyclic) bond motifs is 1. The molecule has 34 heavy (non-hydrogen) atoms. The summed E-state index contributed by atoms with van der Waals surface area (Å²) < 4.78 is 14.3. The lowest BCUT2D eigenvalue weighted by atomic mass is 10.1. The smallest absolute Gasteiger partial charge is 0.332 e. The first-order valence-corrected chi connectivity index (χ1v) is 11.8. The Labute approximate surface area is 198 Å². The summed E-state index contributed by atoms with van der Waals surface area (Å²) in [6.07, 6.45) is 0.577. The van der Waals surface area contributed by atoms with Crippen molar-refractivity contribution >= 4 is 21.6 Å². The Bertz CT molecular complexity index is 1550. The number of hydrogen-bond acceptors (Lipinski definition) is 7. The van der Waals surface area contributed by atoms with Crippen LogP contribution in [0.4, 0.5) is 0 Å². The predicted octanol–water partition coefficient (Wildman–Crippen LogP) is 3.96. The summed E-state index contributed by atoms with van der Waals surface area (Å²) in [4.78, 5) is 30.8. The molecule has 8 nitrogen and oxygen atoms in total. The Balaban J connectivity index is 1.47. The topological polar surface area (TPSA) is 92.2 Å². The van der Waals surface area contributed by atoms with Crippen LogP contribution in [0.5, 0.6) is 5.75 Å². The van der Waals surface area contributed by atoms with Crippen LogP contribution in [-0.4, -0.2) is 25.9 Å². The number of nitrogens with zero attached hydrogens (tertiary/aromatic N) is 4. The second-order valence-corrected chi connectivity index (χ2v) is 8.58. The van der Waals surface area contributed by atoms with Crippen molar-refractivity contribution in [3.8, 4) is 17.1 Å². The van der Waals surface area contributed by atoms with Crippen molar-refractivity contribution in [3.63, 3.8) is 0 Å². The van der Waals surface area contributed by atoms with Gasteiger partial charge in [-0.05, 0) is 42.5 Å². The highest BCUT2D eigenvalue weighted by molar-refractivity contribution is 7.17. The van der Waals surface area contributed by atoms with Crippen LogP contribution in [-0.2, 0) is 19.5 Å². The first-order valence-electron chi connectivity index (χ1n) is 10.9. The SMILES string of the molecule is CCOc1cccc(-c2noc(Cn3c(=O)n(CCc4ccccc4)c(=O)c4sccc43)n2)c1. The maximum atomic E-state index is 13.3. The van der Waals surface area contributed by atoms with Crippen LogP contribution in [0, 0.1) is 0 Å². The van der Waals surface area contributed by atoms with Crippen LogP contribution in [0.15, 0.2) is 80.2 Å². The van der Waals surface area contributed by atoms with E-state index in [0.29, 0.717) is 34.8 Å². The summed E-state index contributed by atoms with van der Waals surface area (Å²) in [5.74, 6) is 1.40. The van der Waals surface area contributed by atoms with E-state index >= 15 is 0 Å². The first kappa shape index (κ1) is 21.8. The lowest BCUT2D eigenvalue weighted by molar-refractivity contribution is 0.340. The minimum Gasteiger partial charge on any atom is -0.494 e. The van der Waals surface area contributed by atoms with Crippen LogP contribution in [0.1, 0.15) is 18.4 Å². The summed E-state index contributed by atoms with van der Waals surface area (Å²) in [5.41, 5.74) is 1.70. The maximum absolute atomic E-state index is 13.3. The molecule has 0 bridgehead atoms. The van der Waals surface area contributed by atoms with Gasteiger partial charge in [0, 0.05) is 12.1 Å². The molecule has 0 fully saturated rings. The van der Waals surface area contributed by atoms with Crippen molar-refractivity contribution in [2.45, 2.75) is 26.4 Å². The fourth-order valence-corrected chi connectivity index (χ4v) is 4.68. The molecule has 0 aliphatic rings. The number of benzene rings is 2. The number of aryl methyl sites for hydroxylation is 1. The van der Waals surface area contributed by atoms with Crippen molar-refractivity contribution in [1.29, 1.82) is 0 Å². The van der Waals surface area contributed by atoms with E-state index in [4.69, 9.17) is 9.26 Å². The zero-order valence-corrected chi connectivity index (χ0v) is 19.3. The van der Waals surface area contributed by atoms with Gasteiger partial charge in [0.2, 0.25) is 11.7 Å². The van der Waals surface area contributed by atoms with Gasteiger partial charge in [-0.25, -0.2) is 4.79 Å². The summed E-state index contributed by atoms with van der Waals surface area (Å²) in [7, 11) is 0. The molecule has 0 unspecified atom stereocenters. The van der Waals surface area contributed by atoms with E-state index in [0.717, 1.165) is 11.1 Å². The molecule has 0 aliphatic heterocycles. The molecule has 2 aromatic carbocycles. The van der Waals surface area contributed by atoms with E-state index in [1.165, 1.54) is 20.5 Å². The number of hydrogen-bond donors (Lipinski definition) is 0. The predicted molar refractivity (Wildman–Crippen MR) is 130 cm³/mol. The van der Waals surface area contributed by atoms with Crippen molar-refractivity contribution in [3.05, 3.63) is 98.3 Å². The van der Waals surface area contributed by atoms with E-state index < -0.39 is 5.69 Å². The zero-order chi connectivity index (χ0) is 23.5. The summed E-state index contributed by atoms with van der Waals surface area (Å²) in [5, 5.41) is 5.88. The maximum Gasteiger partial charge on any atom is 0.332 e. The van der Waals surface area contributed by atoms with E-state index in [-0.39, 0.29) is 24.5 Å². The highest BCUT2D eigenvalue weighted by atomic mass is 32.1. The van der Waals surface area contributed by atoms with Crippen molar-refractivity contribution in [1.82, 2.24) is 19.3 Å². The summed E-state index contributed by atoms with van der Waals surface area (Å²) in [6, 6.07) is 19.0. The van der Waals surface area contributed by atoms with Gasteiger partial charge in [-0.2, -0.15) is 4.98 Å². The molecular formula is C25H22N4O4S. The molecule has 3 aromatic heterocycles. The van der Waals surface area contributed by atoms with E-state index in [1.807, 2.05) is 66.9 Å². The van der Waals surface area contributed by atoms with Gasteiger partial charge in [0.25, 0.3) is 5.56 Å². The third-order valence-electron chi connectivity index (χ3n) is 5.47. The molecule has 5 aromatic rings. The van der Waals surface area contributed by atoms with Crippen LogP contribution in [0.3, 0.4) is 0 Å². The van der Waals surface area contributed by atoms with Gasteiger partial charge in [0.05, 0.1) is 12.1 Å². The molecule has 0 atom stereocenters. The average Bonchev–Trinajstić information content (AvgIpc) is 3.53. The third kappa shape index (κ3) is 4.29. The highest BCUT2D eigenvalue weighted by Crippen LogP contribution is 2.22. The highest BCUT2D eigenvalue weighted by Gasteiger charge is 2.17. The average molecular weight is 475 g/mol. The fourth-order valence-electron chi connectivity index (χ4n) is 3.83. The number of thiophene rings is 1. The lowest BCUT2D eigenvalue weighted by Crippen LogP contribution is -2.40. The van der Waals surface area contributed by atoms with Gasteiger partial charge >= 0.3 is 5.69 Å². The molecule has 0 amide bonds. The Morgan fingerprint density at radius 1 is 1.03 bits per heavy atom. The van der Waals surface area contributed by atoms with Gasteiger partial charge < -0.3 is 9.26 Å². The molecule has 0 aliphatic carbocycles. The molecule has 3 heterocycles. The molecule has 0 saturated carbocycles. The van der Waals surface area contributed by atoms with Crippen LogP contribution in [0.2, 0.25) is 0 Å². The second kappa shape index (κ2) is 9.48. The van der Waals surface area contributed by atoms with Crippen LogP contribution < -0.4 is 16.0 Å².